The molecule has 5 nitrogen and oxygen atoms in total. The lowest BCUT2D eigenvalue weighted by Gasteiger charge is -2.06. The molecular weight excluding hydrogens is 282 g/mol. The molecule has 1 N–H and O–H groups in total. The van der Waals surface area contributed by atoms with E-state index in [4.69, 9.17) is 5.11 Å². The van der Waals surface area contributed by atoms with Crippen molar-refractivity contribution >= 4 is 17.5 Å². The van der Waals surface area contributed by atoms with Crippen LogP contribution in [0.3, 0.4) is 0 Å². The number of rotatable bonds is 6. The summed E-state index contributed by atoms with van der Waals surface area (Å²) in [6, 6.07) is 10.6. The summed E-state index contributed by atoms with van der Waals surface area (Å²) in [4.78, 5) is 37.9. The molecule has 2 aromatic rings. The van der Waals surface area contributed by atoms with Crippen molar-refractivity contribution in [1.29, 1.82) is 0 Å². The number of carbonyl (C=O) groups is 3. The number of pyridine rings is 1. The molecule has 0 spiro atoms. The number of aryl methyl sites for hydroxylation is 1. The summed E-state index contributed by atoms with van der Waals surface area (Å²) in [7, 11) is 0. The number of hydrogen-bond donors (Lipinski definition) is 1. The number of benzene rings is 1. The maximum Gasteiger partial charge on any atom is 0.372 e. The zero-order valence-corrected chi connectivity index (χ0v) is 12.1. The Morgan fingerprint density at radius 2 is 1.91 bits per heavy atom. The van der Waals surface area contributed by atoms with Crippen molar-refractivity contribution < 1.29 is 19.5 Å². The molecule has 1 heterocycles. The van der Waals surface area contributed by atoms with Crippen molar-refractivity contribution in [3.05, 3.63) is 65.0 Å². The summed E-state index contributed by atoms with van der Waals surface area (Å²) in [5.74, 6) is -3.18. The number of aromatic nitrogens is 1. The molecular formula is C17H15NO4. The highest BCUT2D eigenvalue weighted by atomic mass is 16.4. The van der Waals surface area contributed by atoms with Gasteiger partial charge in [-0.05, 0) is 30.2 Å². The number of carboxylic acid groups (broad SMARTS) is 1. The lowest BCUT2D eigenvalue weighted by molar-refractivity contribution is -0.148. The van der Waals surface area contributed by atoms with E-state index in [9.17, 15) is 14.4 Å². The average molecular weight is 297 g/mol. The van der Waals surface area contributed by atoms with Gasteiger partial charge in [0.25, 0.3) is 0 Å². The van der Waals surface area contributed by atoms with Gasteiger partial charge < -0.3 is 5.11 Å². The average Bonchev–Trinajstić information content (AvgIpc) is 2.49. The fraction of sp³-hybridized carbons (Fsp3) is 0.176. The standard InChI is InChI=1S/C17H15NO4/c1-11-4-3-7-18-14(11)9-12-5-2-6-13(8-12)15(19)10-16(20)17(21)22/h2-8H,9-10H2,1H3,(H,21,22). The van der Waals surface area contributed by atoms with Crippen LogP contribution < -0.4 is 0 Å². The second kappa shape index (κ2) is 6.76. The molecule has 0 bridgehead atoms. The van der Waals surface area contributed by atoms with E-state index < -0.39 is 24.0 Å². The zero-order valence-electron chi connectivity index (χ0n) is 12.1. The number of nitrogens with zero attached hydrogens (tertiary/aromatic N) is 1. The molecule has 0 aliphatic heterocycles. The van der Waals surface area contributed by atoms with Gasteiger partial charge in [0.1, 0.15) is 0 Å². The van der Waals surface area contributed by atoms with E-state index >= 15 is 0 Å². The minimum Gasteiger partial charge on any atom is -0.475 e. The number of carboxylic acids is 1. The molecule has 1 aromatic heterocycles. The maximum atomic E-state index is 11.9. The Morgan fingerprint density at radius 1 is 1.14 bits per heavy atom. The van der Waals surface area contributed by atoms with Crippen LogP contribution in [0.25, 0.3) is 0 Å². The van der Waals surface area contributed by atoms with Gasteiger partial charge in [0.2, 0.25) is 5.78 Å². The summed E-state index contributed by atoms with van der Waals surface area (Å²) in [5, 5.41) is 8.55. The number of hydrogen-bond acceptors (Lipinski definition) is 4. The minimum absolute atomic E-state index is 0.334. The van der Waals surface area contributed by atoms with Crippen molar-refractivity contribution in [1.82, 2.24) is 4.98 Å². The molecule has 0 atom stereocenters. The first kappa shape index (κ1) is 15.6. The lowest BCUT2D eigenvalue weighted by atomic mass is 10.00. The molecule has 1 aromatic carbocycles. The first-order valence-electron chi connectivity index (χ1n) is 6.76. The summed E-state index contributed by atoms with van der Waals surface area (Å²) in [6.45, 7) is 1.96. The van der Waals surface area contributed by atoms with Crippen LogP contribution in [0, 0.1) is 6.92 Å². The van der Waals surface area contributed by atoms with Gasteiger partial charge in [-0.1, -0.05) is 24.3 Å². The quantitative estimate of drug-likeness (QED) is 0.502. The van der Waals surface area contributed by atoms with E-state index in [1.807, 2.05) is 25.1 Å². The third kappa shape index (κ3) is 3.85. The second-order valence-electron chi connectivity index (χ2n) is 4.97. The van der Waals surface area contributed by atoms with Gasteiger partial charge in [0.05, 0.1) is 6.42 Å². The Kier molecular flexibility index (Phi) is 4.78. The Balaban J connectivity index is 2.16. The van der Waals surface area contributed by atoms with E-state index in [0.717, 1.165) is 16.8 Å². The minimum atomic E-state index is -1.59. The van der Waals surface area contributed by atoms with Gasteiger partial charge in [-0.3, -0.25) is 14.6 Å². The van der Waals surface area contributed by atoms with Gasteiger partial charge >= 0.3 is 5.97 Å². The highest BCUT2D eigenvalue weighted by Gasteiger charge is 2.18. The predicted octanol–water partition coefficient (Wildman–Crippen LogP) is 2.21. The Bertz CT molecular complexity index is 737. The normalized spacial score (nSPS) is 10.2. The SMILES string of the molecule is Cc1cccnc1Cc1cccc(C(=O)CC(=O)C(=O)O)c1. The highest BCUT2D eigenvalue weighted by molar-refractivity contribution is 6.37. The summed E-state index contributed by atoms with van der Waals surface area (Å²) < 4.78 is 0. The largest absolute Gasteiger partial charge is 0.475 e. The van der Waals surface area contributed by atoms with Crippen LogP contribution in [0.2, 0.25) is 0 Å². The molecule has 0 aliphatic rings. The van der Waals surface area contributed by atoms with E-state index in [0.29, 0.717) is 12.0 Å². The Morgan fingerprint density at radius 3 is 2.59 bits per heavy atom. The van der Waals surface area contributed by atoms with Crippen LogP contribution in [0.1, 0.15) is 33.6 Å². The van der Waals surface area contributed by atoms with Gasteiger partial charge in [-0.15, -0.1) is 0 Å². The molecule has 5 heteroatoms. The summed E-state index contributed by atoms with van der Waals surface area (Å²) in [5.41, 5.74) is 3.19. The molecule has 0 saturated carbocycles. The molecule has 0 aliphatic carbocycles. The number of Topliss-reactive ketones (excluding diaryl/α,β-unsaturated/α-hetero) is 2. The predicted molar refractivity (Wildman–Crippen MR) is 79.8 cm³/mol. The summed E-state index contributed by atoms with van der Waals surface area (Å²) >= 11 is 0. The van der Waals surface area contributed by atoms with Crippen molar-refractivity contribution in [3.8, 4) is 0 Å². The van der Waals surface area contributed by atoms with Crippen LogP contribution in [0.15, 0.2) is 42.6 Å². The molecule has 0 amide bonds. The topological polar surface area (TPSA) is 84.3 Å². The van der Waals surface area contributed by atoms with Crippen LogP contribution in [0.5, 0.6) is 0 Å². The fourth-order valence-corrected chi connectivity index (χ4v) is 2.08. The molecule has 0 unspecified atom stereocenters. The number of carbonyl (C=O) groups excluding carboxylic acids is 2. The van der Waals surface area contributed by atoms with Crippen LogP contribution in [-0.4, -0.2) is 27.6 Å². The Labute approximate surface area is 127 Å². The van der Waals surface area contributed by atoms with Gasteiger partial charge in [-0.2, -0.15) is 0 Å². The number of aliphatic carboxylic acids is 1. The van der Waals surface area contributed by atoms with Gasteiger partial charge in [-0.25, -0.2) is 4.79 Å². The summed E-state index contributed by atoms with van der Waals surface area (Å²) in [6.07, 6.45) is 1.66. The van der Waals surface area contributed by atoms with Crippen molar-refractivity contribution in [2.45, 2.75) is 19.8 Å². The van der Waals surface area contributed by atoms with Crippen molar-refractivity contribution in [3.63, 3.8) is 0 Å². The maximum absolute atomic E-state index is 11.9. The second-order valence-corrected chi connectivity index (χ2v) is 4.97. The number of ketones is 2. The van der Waals surface area contributed by atoms with Crippen LogP contribution in [0.4, 0.5) is 0 Å². The van der Waals surface area contributed by atoms with E-state index in [2.05, 4.69) is 4.98 Å². The first-order chi connectivity index (χ1) is 10.5. The molecule has 0 saturated heterocycles. The Hall–Kier alpha value is -2.82. The van der Waals surface area contributed by atoms with E-state index in [1.165, 1.54) is 0 Å². The highest BCUT2D eigenvalue weighted by Crippen LogP contribution is 2.14. The van der Waals surface area contributed by atoms with Gasteiger partial charge in [0, 0.05) is 23.9 Å². The van der Waals surface area contributed by atoms with E-state index in [1.54, 1.807) is 24.4 Å². The monoisotopic (exact) mass is 297 g/mol. The van der Waals surface area contributed by atoms with E-state index in [-0.39, 0.29) is 0 Å². The van der Waals surface area contributed by atoms with Gasteiger partial charge in [0.15, 0.2) is 5.78 Å². The lowest BCUT2D eigenvalue weighted by Crippen LogP contribution is -2.17. The third-order valence-electron chi connectivity index (χ3n) is 3.30. The van der Waals surface area contributed by atoms with Crippen molar-refractivity contribution in [2.24, 2.45) is 0 Å². The van der Waals surface area contributed by atoms with Crippen LogP contribution >= 0.6 is 0 Å². The zero-order chi connectivity index (χ0) is 16.1. The van der Waals surface area contributed by atoms with Crippen molar-refractivity contribution in [2.75, 3.05) is 0 Å². The first-order valence-corrected chi connectivity index (χ1v) is 6.76. The molecule has 2 rings (SSSR count). The molecule has 22 heavy (non-hydrogen) atoms. The molecule has 0 fully saturated rings. The third-order valence-corrected chi connectivity index (χ3v) is 3.30. The fourth-order valence-electron chi connectivity index (χ4n) is 2.08. The molecule has 0 radical (unpaired) electrons. The smallest absolute Gasteiger partial charge is 0.372 e. The molecule has 112 valence electrons. The van der Waals surface area contributed by atoms with Crippen LogP contribution in [-0.2, 0) is 16.0 Å².